The number of anilines is 1. The highest BCUT2D eigenvalue weighted by Gasteiger charge is 2.39. The molecule has 1 fully saturated rings. The summed E-state index contributed by atoms with van der Waals surface area (Å²) in [5, 5.41) is 3.21. The molecule has 0 unspecified atom stereocenters. The smallest absolute Gasteiger partial charge is 0.282 e. The van der Waals surface area contributed by atoms with Crippen LogP contribution in [0.15, 0.2) is 140 Å². The summed E-state index contributed by atoms with van der Waals surface area (Å²) in [4.78, 5) is 31.8. The van der Waals surface area contributed by atoms with Gasteiger partial charge in [-0.15, -0.1) is 0 Å². The lowest BCUT2D eigenvalue weighted by molar-refractivity contribution is -0.892. The van der Waals surface area contributed by atoms with E-state index in [2.05, 4.69) is 163 Å². The first-order chi connectivity index (χ1) is 28.4. The Kier molecular flexibility index (Phi) is 8.80. The van der Waals surface area contributed by atoms with Crippen molar-refractivity contribution in [3.05, 3.63) is 162 Å². The maximum Gasteiger partial charge on any atom is 0.282 e. The Labute approximate surface area is 337 Å². The second-order valence-electron chi connectivity index (χ2n) is 15.8. The van der Waals surface area contributed by atoms with E-state index in [1.54, 1.807) is 0 Å². The van der Waals surface area contributed by atoms with Crippen molar-refractivity contribution in [2.24, 2.45) is 0 Å². The molecule has 0 aliphatic carbocycles. The third-order valence-corrected chi connectivity index (χ3v) is 11.7. The summed E-state index contributed by atoms with van der Waals surface area (Å²) in [5.41, 5.74) is 16.2. The number of likely N-dealkylation sites (N-methyl/N-ethyl adjacent to an activating group) is 1. The number of hydrogen-bond acceptors (Lipinski definition) is 3. The summed E-state index contributed by atoms with van der Waals surface area (Å²) in [6.45, 7) is 1.01. The fourth-order valence-electron chi connectivity index (χ4n) is 8.83. The number of nitrogens with one attached hydrogen (secondary N) is 3. The fourth-order valence-corrected chi connectivity index (χ4v) is 8.83. The lowest BCUT2D eigenvalue weighted by Crippen LogP contribution is -2.50. The van der Waals surface area contributed by atoms with Crippen molar-refractivity contribution in [3.63, 3.8) is 0 Å². The van der Waals surface area contributed by atoms with Crippen molar-refractivity contribution in [1.82, 2.24) is 19.9 Å². The lowest BCUT2D eigenvalue weighted by Gasteiger charge is -2.30. The first-order valence-corrected chi connectivity index (χ1v) is 20.0. The number of amides is 1. The summed E-state index contributed by atoms with van der Waals surface area (Å²) in [6, 6.07) is 48.1. The zero-order chi connectivity index (χ0) is 39.2. The van der Waals surface area contributed by atoms with Crippen LogP contribution in [0.1, 0.15) is 35.6 Å². The molecule has 4 aromatic carbocycles. The van der Waals surface area contributed by atoms with E-state index in [0.717, 1.165) is 114 Å². The van der Waals surface area contributed by atoms with Crippen molar-refractivity contribution in [2.75, 3.05) is 26.0 Å². The monoisotopic (exact) mass is 755 g/mol. The molecule has 0 radical (unpaired) electrons. The third kappa shape index (κ3) is 6.45. The number of carbonyl (C=O) groups excluding carboxylic acids is 1. The molecule has 0 spiro atoms. The van der Waals surface area contributed by atoms with Crippen LogP contribution >= 0.6 is 0 Å². The number of carbonyl (C=O) groups is 1. The summed E-state index contributed by atoms with van der Waals surface area (Å²) >= 11 is 0. The highest BCUT2D eigenvalue weighted by Crippen LogP contribution is 2.38. The Morgan fingerprint density at radius 2 is 0.879 bits per heavy atom. The van der Waals surface area contributed by atoms with E-state index in [4.69, 9.17) is 9.97 Å². The number of hydrogen-bond donors (Lipinski definition) is 3. The molecule has 10 rings (SSSR count). The van der Waals surface area contributed by atoms with Crippen LogP contribution in [-0.2, 0) is 4.79 Å². The van der Waals surface area contributed by atoms with Crippen molar-refractivity contribution in [2.45, 2.75) is 18.9 Å². The summed E-state index contributed by atoms with van der Waals surface area (Å²) in [5.74, 6) is 0.0714. The average Bonchev–Trinajstić information content (AvgIpc) is 4.11. The molecule has 3 aromatic heterocycles. The van der Waals surface area contributed by atoms with Crippen LogP contribution in [0.5, 0.6) is 0 Å². The Balaban J connectivity index is 1.25. The lowest BCUT2D eigenvalue weighted by atomic mass is 10.0. The maximum absolute atomic E-state index is 13.4. The van der Waals surface area contributed by atoms with Gasteiger partial charge in [-0.05, 0) is 83.0 Å². The van der Waals surface area contributed by atoms with Gasteiger partial charge in [0, 0.05) is 62.8 Å². The minimum Gasteiger partial charge on any atom is -0.354 e. The van der Waals surface area contributed by atoms with E-state index in [-0.39, 0.29) is 11.9 Å². The van der Waals surface area contributed by atoms with Gasteiger partial charge in [0.15, 0.2) is 6.04 Å². The van der Waals surface area contributed by atoms with E-state index < -0.39 is 0 Å². The number of nitrogens with zero attached hydrogens (tertiary/aromatic N) is 3. The third-order valence-electron chi connectivity index (χ3n) is 11.7. The van der Waals surface area contributed by atoms with Crippen LogP contribution < -0.4 is 5.32 Å². The molecule has 3 aliphatic heterocycles. The molecule has 6 heterocycles. The molecule has 7 aromatic rings. The number of benzene rings is 4. The van der Waals surface area contributed by atoms with Crippen LogP contribution in [0.25, 0.3) is 90.9 Å². The Morgan fingerprint density at radius 3 is 1.22 bits per heavy atom. The second kappa shape index (κ2) is 14.4. The number of aromatic amines is 2. The van der Waals surface area contributed by atoms with Gasteiger partial charge in [0.05, 0.1) is 43.4 Å². The van der Waals surface area contributed by atoms with Crippen LogP contribution in [0.3, 0.4) is 0 Å². The molecule has 1 saturated heterocycles. The molecule has 7 nitrogen and oxygen atoms in total. The van der Waals surface area contributed by atoms with Gasteiger partial charge in [0.2, 0.25) is 0 Å². The van der Waals surface area contributed by atoms with Crippen molar-refractivity contribution in [1.29, 1.82) is 0 Å². The zero-order valence-corrected chi connectivity index (χ0v) is 32.5. The second-order valence-corrected chi connectivity index (χ2v) is 15.8. The number of fused-ring (bicyclic) bond motifs is 8. The van der Waals surface area contributed by atoms with E-state index in [0.29, 0.717) is 4.48 Å². The Bertz CT molecular complexity index is 2880. The van der Waals surface area contributed by atoms with Gasteiger partial charge >= 0.3 is 0 Å². The predicted octanol–water partition coefficient (Wildman–Crippen LogP) is 11.5. The normalized spacial score (nSPS) is 15.4. The first kappa shape index (κ1) is 35.3. The highest BCUT2D eigenvalue weighted by atomic mass is 16.2. The van der Waals surface area contributed by atoms with E-state index in [9.17, 15) is 4.79 Å². The topological polar surface area (TPSA) is 86.5 Å². The van der Waals surface area contributed by atoms with Crippen molar-refractivity contribution in [3.8, 4) is 44.5 Å². The molecule has 7 heteroatoms. The minimum atomic E-state index is -0.0527. The molecular weight excluding hydrogens is 713 g/mol. The number of rotatable bonds is 6. The predicted molar refractivity (Wildman–Crippen MR) is 239 cm³/mol. The Morgan fingerprint density at radius 1 is 0.517 bits per heavy atom. The summed E-state index contributed by atoms with van der Waals surface area (Å²) < 4.78 is 0.712. The van der Waals surface area contributed by atoms with Gasteiger partial charge in [0.1, 0.15) is 0 Å². The molecule has 0 saturated carbocycles. The molecular formula is C51H43N6O+. The average molecular weight is 756 g/mol. The number of aromatic nitrogens is 4. The summed E-state index contributed by atoms with van der Waals surface area (Å²) in [6.07, 6.45) is 10.4. The van der Waals surface area contributed by atoms with E-state index in [1.807, 2.05) is 30.3 Å². The number of H-pyrrole nitrogens is 2. The molecule has 58 heavy (non-hydrogen) atoms. The maximum atomic E-state index is 13.4. The summed E-state index contributed by atoms with van der Waals surface area (Å²) in [7, 11) is 4.28. The zero-order valence-electron chi connectivity index (χ0n) is 32.5. The van der Waals surface area contributed by atoms with Crippen LogP contribution in [0, 0.1) is 0 Å². The van der Waals surface area contributed by atoms with Gasteiger partial charge in [0.25, 0.3) is 5.91 Å². The SMILES string of the molecule is C[N+]1(C)CCC[C@H]1C(=O)Nc1ccc(-c2c3nc(c(-c4ccccc4)c4ccc([nH]4)c(-c4ccccc4)c4nc(c(-c5ccccc5)c5ccc2[nH]5)C=C4)C=C3)cc1. The number of likely N-dealkylation sites (tertiary alicyclic amines) is 1. The van der Waals surface area contributed by atoms with Crippen molar-refractivity contribution < 1.29 is 9.28 Å². The van der Waals surface area contributed by atoms with E-state index in [1.165, 1.54) is 0 Å². The molecule has 8 bridgehead atoms. The van der Waals surface area contributed by atoms with Crippen LogP contribution in [-0.4, -0.2) is 57.0 Å². The number of quaternary nitrogens is 1. The fraction of sp³-hybridized carbons (Fsp3) is 0.118. The minimum absolute atomic E-state index is 0.0527. The first-order valence-electron chi connectivity index (χ1n) is 20.0. The van der Waals surface area contributed by atoms with Gasteiger partial charge in [-0.3, -0.25) is 4.79 Å². The highest BCUT2D eigenvalue weighted by molar-refractivity contribution is 6.00. The van der Waals surface area contributed by atoms with E-state index >= 15 is 0 Å². The molecule has 3 N–H and O–H groups in total. The van der Waals surface area contributed by atoms with Gasteiger partial charge in [-0.1, -0.05) is 103 Å². The van der Waals surface area contributed by atoms with Gasteiger partial charge in [-0.25, -0.2) is 9.97 Å². The standard InChI is InChI=1S/C51H42N6O/c1-57(2)32-12-19-46(57)51(58)52-37-22-20-36(21-23-37)50-44-30-28-42(55-44)48(34-15-8-4-9-16-34)40-26-24-38(53-40)47(33-13-6-3-7-14-33)39-25-27-41(54-39)49(35-17-10-5-11-18-35)43-29-31-45(50)56-43/h3-11,13-18,20-31,46H,12,19,32H2,1-2H3,(H2-,52,53,54,55,56,58)/p+1/t46-/m0/s1. The molecule has 1 atom stereocenters. The van der Waals surface area contributed by atoms with Crippen LogP contribution in [0.2, 0.25) is 0 Å². The van der Waals surface area contributed by atoms with Crippen LogP contribution in [0.4, 0.5) is 5.69 Å². The van der Waals surface area contributed by atoms with Gasteiger partial charge in [-0.2, -0.15) is 0 Å². The molecule has 1 amide bonds. The quantitative estimate of drug-likeness (QED) is 0.148. The van der Waals surface area contributed by atoms with Gasteiger partial charge < -0.3 is 19.8 Å². The van der Waals surface area contributed by atoms with Crippen molar-refractivity contribution >= 4 is 58.0 Å². The largest absolute Gasteiger partial charge is 0.354 e. The Hall–Kier alpha value is -7.09. The molecule has 282 valence electrons. The molecule has 3 aliphatic rings.